The van der Waals surface area contributed by atoms with Gasteiger partial charge in [-0.25, -0.2) is 19.9 Å². The van der Waals surface area contributed by atoms with Gasteiger partial charge in [-0.15, -0.1) is 0 Å². The third-order valence-corrected chi connectivity index (χ3v) is 4.46. The van der Waals surface area contributed by atoms with Gasteiger partial charge in [-0.2, -0.15) is 13.2 Å². The van der Waals surface area contributed by atoms with E-state index in [1.807, 2.05) is 6.92 Å². The van der Waals surface area contributed by atoms with Crippen LogP contribution in [0.1, 0.15) is 36.3 Å². The van der Waals surface area contributed by atoms with Crippen molar-refractivity contribution < 1.29 is 17.9 Å². The molecule has 1 saturated carbocycles. The molecule has 4 rings (SSSR count). The highest BCUT2D eigenvalue weighted by Gasteiger charge is 2.36. The molecule has 3 aromatic rings. The lowest BCUT2D eigenvalue weighted by Gasteiger charge is -2.13. The van der Waals surface area contributed by atoms with E-state index >= 15 is 0 Å². The van der Waals surface area contributed by atoms with Crippen LogP contribution in [0.5, 0.6) is 11.8 Å². The summed E-state index contributed by atoms with van der Waals surface area (Å²) in [7, 11) is 0. The minimum absolute atomic E-state index is 0.126. The second kappa shape index (κ2) is 6.75. The Morgan fingerprint density at radius 1 is 1.11 bits per heavy atom. The highest BCUT2D eigenvalue weighted by molar-refractivity contribution is 5.87. The molecule has 0 atom stereocenters. The maximum atomic E-state index is 13.2. The highest BCUT2D eigenvalue weighted by atomic mass is 19.4. The molecule has 0 N–H and O–H groups in total. The summed E-state index contributed by atoms with van der Waals surface area (Å²) in [5.41, 5.74) is 1.43. The van der Waals surface area contributed by atoms with E-state index < -0.39 is 12.0 Å². The Kier molecular flexibility index (Phi) is 4.41. The zero-order valence-corrected chi connectivity index (χ0v) is 14.6. The van der Waals surface area contributed by atoms with Gasteiger partial charge in [0, 0.05) is 12.4 Å². The maximum absolute atomic E-state index is 13.2. The lowest BCUT2D eigenvalue weighted by molar-refractivity contribution is -0.144. The summed E-state index contributed by atoms with van der Waals surface area (Å²) in [6.45, 7) is 1.85. The first-order chi connectivity index (χ1) is 12.9. The zero-order chi connectivity index (χ0) is 19.0. The van der Waals surface area contributed by atoms with Crippen LogP contribution in [0.25, 0.3) is 10.9 Å². The molecule has 0 bridgehead atoms. The molecule has 27 heavy (non-hydrogen) atoms. The lowest BCUT2D eigenvalue weighted by atomic mass is 10.1. The van der Waals surface area contributed by atoms with Crippen LogP contribution < -0.4 is 4.74 Å². The van der Waals surface area contributed by atoms with Gasteiger partial charge < -0.3 is 4.74 Å². The molecule has 2 heterocycles. The second-order valence-corrected chi connectivity index (χ2v) is 6.77. The van der Waals surface area contributed by atoms with E-state index in [0.29, 0.717) is 29.2 Å². The number of aryl methyl sites for hydroxylation is 2. The molecule has 5 nitrogen and oxygen atoms in total. The molecular formula is C19H17F3N4O. The number of hydrogen-bond donors (Lipinski definition) is 0. The van der Waals surface area contributed by atoms with Gasteiger partial charge in [0.15, 0.2) is 0 Å². The molecule has 1 fully saturated rings. The lowest BCUT2D eigenvalue weighted by Crippen LogP contribution is -2.13. The number of alkyl halides is 3. The normalized spacial score (nSPS) is 14.5. The molecule has 0 aliphatic heterocycles. The molecule has 0 saturated heterocycles. The van der Waals surface area contributed by atoms with E-state index in [1.165, 1.54) is 6.07 Å². The Morgan fingerprint density at radius 3 is 2.52 bits per heavy atom. The molecule has 0 radical (unpaired) electrons. The molecule has 0 amide bonds. The van der Waals surface area contributed by atoms with Crippen LogP contribution in [0.3, 0.4) is 0 Å². The fraction of sp³-hybridized carbons (Fsp3) is 0.368. The first-order valence-corrected chi connectivity index (χ1v) is 8.73. The summed E-state index contributed by atoms with van der Waals surface area (Å²) < 4.78 is 45.4. The quantitative estimate of drug-likeness (QED) is 0.637. The van der Waals surface area contributed by atoms with Gasteiger partial charge in [-0.3, -0.25) is 0 Å². The summed E-state index contributed by atoms with van der Waals surface area (Å²) in [6, 6.07) is 4.93. The van der Waals surface area contributed by atoms with Crippen molar-refractivity contribution in [1.29, 1.82) is 0 Å². The van der Waals surface area contributed by atoms with Gasteiger partial charge >= 0.3 is 12.2 Å². The van der Waals surface area contributed by atoms with Crippen molar-refractivity contribution >= 4 is 10.9 Å². The van der Waals surface area contributed by atoms with E-state index in [1.54, 1.807) is 24.5 Å². The minimum Gasteiger partial charge on any atom is -0.424 e. The van der Waals surface area contributed by atoms with Gasteiger partial charge in [-0.05, 0) is 43.4 Å². The Hall–Kier alpha value is -2.77. The molecular weight excluding hydrogens is 357 g/mol. The fourth-order valence-electron chi connectivity index (χ4n) is 2.90. The third-order valence-electron chi connectivity index (χ3n) is 4.46. The van der Waals surface area contributed by atoms with E-state index in [-0.39, 0.29) is 11.5 Å². The molecule has 1 aliphatic rings. The SMILES string of the molecule is Cc1cnc(Oc2cccc3nc(C(F)(F)F)nc(CCC4CC4)c23)nc1. The standard InChI is InChI=1S/C19H17F3N4O/c1-11-9-23-18(24-10-11)27-15-4-2-3-13-16(15)14(8-7-12-5-6-12)26-17(25-13)19(20,21)22/h2-4,9-10,12H,5-8H2,1H3. The molecule has 8 heteroatoms. The number of benzene rings is 1. The van der Waals surface area contributed by atoms with Crippen molar-refractivity contribution in [2.45, 2.75) is 38.8 Å². The van der Waals surface area contributed by atoms with Crippen molar-refractivity contribution in [3.63, 3.8) is 0 Å². The average molecular weight is 374 g/mol. The molecule has 1 aliphatic carbocycles. The first-order valence-electron chi connectivity index (χ1n) is 8.73. The topological polar surface area (TPSA) is 60.8 Å². The largest absolute Gasteiger partial charge is 0.451 e. The Bertz CT molecular complexity index is 969. The molecule has 0 spiro atoms. The van der Waals surface area contributed by atoms with E-state index in [2.05, 4.69) is 19.9 Å². The van der Waals surface area contributed by atoms with Gasteiger partial charge in [0.1, 0.15) is 5.75 Å². The first kappa shape index (κ1) is 17.6. The Labute approximate surface area is 153 Å². The number of halogens is 3. The van der Waals surface area contributed by atoms with Crippen LogP contribution in [-0.4, -0.2) is 19.9 Å². The molecule has 1 aromatic carbocycles. The van der Waals surface area contributed by atoms with Crippen LogP contribution in [-0.2, 0) is 12.6 Å². The van der Waals surface area contributed by atoms with Gasteiger partial charge in [0.2, 0.25) is 5.82 Å². The maximum Gasteiger partial charge on any atom is 0.451 e. The van der Waals surface area contributed by atoms with Crippen LogP contribution in [0.15, 0.2) is 30.6 Å². The van der Waals surface area contributed by atoms with Crippen LogP contribution in [0.2, 0.25) is 0 Å². The number of hydrogen-bond acceptors (Lipinski definition) is 5. The van der Waals surface area contributed by atoms with Crippen molar-refractivity contribution in [2.24, 2.45) is 5.92 Å². The van der Waals surface area contributed by atoms with E-state index in [9.17, 15) is 13.2 Å². The zero-order valence-electron chi connectivity index (χ0n) is 14.6. The second-order valence-electron chi connectivity index (χ2n) is 6.77. The third kappa shape index (κ3) is 3.99. The van der Waals surface area contributed by atoms with Crippen molar-refractivity contribution in [3.05, 3.63) is 47.7 Å². The number of rotatable bonds is 5. The number of fused-ring (bicyclic) bond motifs is 1. The van der Waals surface area contributed by atoms with Crippen LogP contribution in [0.4, 0.5) is 13.2 Å². The molecule has 0 unspecified atom stereocenters. The van der Waals surface area contributed by atoms with E-state index in [4.69, 9.17) is 4.74 Å². The Morgan fingerprint density at radius 2 is 1.85 bits per heavy atom. The van der Waals surface area contributed by atoms with Crippen molar-refractivity contribution in [1.82, 2.24) is 19.9 Å². The minimum atomic E-state index is -4.60. The smallest absolute Gasteiger partial charge is 0.424 e. The Balaban J connectivity index is 1.79. The van der Waals surface area contributed by atoms with Crippen molar-refractivity contribution in [3.8, 4) is 11.8 Å². The van der Waals surface area contributed by atoms with Gasteiger partial charge in [0.05, 0.1) is 16.6 Å². The summed E-state index contributed by atoms with van der Waals surface area (Å²) in [5.74, 6) is -0.196. The van der Waals surface area contributed by atoms with Crippen molar-refractivity contribution in [2.75, 3.05) is 0 Å². The summed E-state index contributed by atoms with van der Waals surface area (Å²) in [4.78, 5) is 15.7. The molecule has 2 aromatic heterocycles. The summed E-state index contributed by atoms with van der Waals surface area (Å²) in [5, 5.41) is 0.482. The number of ether oxygens (including phenoxy) is 1. The van der Waals surface area contributed by atoms with Crippen LogP contribution >= 0.6 is 0 Å². The predicted molar refractivity (Wildman–Crippen MR) is 92.4 cm³/mol. The number of nitrogens with zero attached hydrogens (tertiary/aromatic N) is 4. The summed E-state index contributed by atoms with van der Waals surface area (Å²) >= 11 is 0. The van der Waals surface area contributed by atoms with Gasteiger partial charge in [0.25, 0.3) is 0 Å². The van der Waals surface area contributed by atoms with Crippen LogP contribution in [0, 0.1) is 12.8 Å². The van der Waals surface area contributed by atoms with E-state index in [0.717, 1.165) is 24.8 Å². The highest BCUT2D eigenvalue weighted by Crippen LogP contribution is 2.37. The average Bonchev–Trinajstić information content (AvgIpc) is 3.45. The van der Waals surface area contributed by atoms with Gasteiger partial charge in [-0.1, -0.05) is 18.9 Å². The fourth-order valence-corrected chi connectivity index (χ4v) is 2.90. The monoisotopic (exact) mass is 374 g/mol. The summed E-state index contributed by atoms with van der Waals surface area (Å²) in [6.07, 6.45) is 2.12. The predicted octanol–water partition coefficient (Wildman–Crippen LogP) is 4.88. The molecule has 140 valence electrons. The number of aromatic nitrogens is 4.